The molecule has 102 valence electrons. The van der Waals surface area contributed by atoms with E-state index in [0.717, 1.165) is 5.56 Å². The van der Waals surface area contributed by atoms with Gasteiger partial charge in [-0.1, -0.05) is 18.2 Å². The first kappa shape index (κ1) is 15.5. The largest absolute Gasteiger partial charge is 0.362 e. The van der Waals surface area contributed by atoms with E-state index in [4.69, 9.17) is 5.73 Å². The van der Waals surface area contributed by atoms with Crippen molar-refractivity contribution in [2.45, 2.75) is 18.9 Å². The highest BCUT2D eigenvalue weighted by molar-refractivity contribution is 7.71. The molecule has 0 aromatic heterocycles. The van der Waals surface area contributed by atoms with Crippen LogP contribution in [0.4, 0.5) is 0 Å². The van der Waals surface area contributed by atoms with Gasteiger partial charge in [-0.3, -0.25) is 9.13 Å². The highest BCUT2D eigenvalue weighted by Gasteiger charge is 2.58. The molecule has 0 atom stereocenters. The summed E-state index contributed by atoms with van der Waals surface area (Å²) in [7, 11) is -10.5. The van der Waals surface area contributed by atoms with Gasteiger partial charge in [-0.25, -0.2) is 0 Å². The van der Waals surface area contributed by atoms with Gasteiger partial charge in [0.15, 0.2) is 0 Å². The van der Waals surface area contributed by atoms with Gasteiger partial charge in [0.2, 0.25) is 5.02 Å². The van der Waals surface area contributed by atoms with Crippen LogP contribution in [-0.2, 0) is 14.2 Å². The Morgan fingerprint density at radius 3 is 1.78 bits per heavy atom. The highest BCUT2D eigenvalue weighted by Crippen LogP contribution is 2.71. The van der Waals surface area contributed by atoms with Crippen molar-refractivity contribution >= 4 is 15.2 Å². The molecule has 0 saturated carbocycles. The monoisotopic (exact) mass is 295 g/mol. The van der Waals surface area contributed by atoms with Gasteiger partial charge < -0.3 is 25.3 Å². The zero-order valence-electron chi connectivity index (χ0n) is 9.81. The Balaban J connectivity index is 3.61. The van der Waals surface area contributed by atoms with E-state index >= 15 is 0 Å². The van der Waals surface area contributed by atoms with Crippen LogP contribution in [0, 0.1) is 13.8 Å². The van der Waals surface area contributed by atoms with E-state index in [0.29, 0.717) is 5.56 Å². The second-order valence-electron chi connectivity index (χ2n) is 4.11. The minimum absolute atomic E-state index is 0.285. The van der Waals surface area contributed by atoms with Crippen molar-refractivity contribution in [1.82, 2.24) is 0 Å². The molecule has 0 spiro atoms. The molecule has 9 heteroatoms. The first-order valence-corrected chi connectivity index (χ1v) is 8.11. The van der Waals surface area contributed by atoms with E-state index in [-0.39, 0.29) is 5.56 Å². The van der Waals surface area contributed by atoms with Gasteiger partial charge in [0.25, 0.3) is 0 Å². The van der Waals surface area contributed by atoms with Crippen molar-refractivity contribution < 1.29 is 28.7 Å². The molecule has 1 aromatic rings. The first-order valence-electron chi connectivity index (χ1n) is 4.89. The Bertz CT molecular complexity index is 538. The van der Waals surface area contributed by atoms with Crippen molar-refractivity contribution in [3.05, 3.63) is 34.9 Å². The summed E-state index contributed by atoms with van der Waals surface area (Å²) in [6, 6.07) is 3.98. The van der Waals surface area contributed by atoms with Gasteiger partial charge in [0.1, 0.15) is 0 Å². The van der Waals surface area contributed by atoms with Crippen molar-refractivity contribution in [3.63, 3.8) is 0 Å². The molecular formula is C9H15NO6P2. The standard InChI is InChI=1S/C9H15NO6P2/c1-6-3-4-8(5-7(6)2)9(10,17(11,12)13)18(14,15)16/h3-5H,10H2,1-2H3,(H2,11,12,13)(H2,14,15,16). The SMILES string of the molecule is Cc1ccc(C(N)(P(=O)(O)O)P(=O)(O)O)cc1C. The molecule has 0 bridgehead atoms. The summed E-state index contributed by atoms with van der Waals surface area (Å²) in [6.07, 6.45) is 0. The quantitative estimate of drug-likeness (QED) is 0.517. The van der Waals surface area contributed by atoms with E-state index in [1.54, 1.807) is 13.8 Å². The van der Waals surface area contributed by atoms with E-state index < -0.39 is 20.2 Å². The van der Waals surface area contributed by atoms with E-state index in [1.165, 1.54) is 18.2 Å². The van der Waals surface area contributed by atoms with Crippen molar-refractivity contribution in [1.29, 1.82) is 0 Å². The average Bonchev–Trinajstić information content (AvgIpc) is 2.17. The molecule has 0 heterocycles. The second-order valence-corrected chi connectivity index (χ2v) is 8.05. The molecule has 1 aromatic carbocycles. The predicted octanol–water partition coefficient (Wildman–Crippen LogP) is 0.728. The Labute approximate surface area is 104 Å². The third kappa shape index (κ3) is 2.44. The maximum Gasteiger partial charge on any atom is 0.362 e. The summed E-state index contributed by atoms with van der Waals surface area (Å²) < 4.78 is 22.7. The molecule has 0 fully saturated rings. The van der Waals surface area contributed by atoms with Crippen molar-refractivity contribution in [2.24, 2.45) is 5.73 Å². The molecule has 6 N–H and O–H groups in total. The molecule has 0 aliphatic rings. The molecule has 0 aliphatic heterocycles. The number of hydrogen-bond donors (Lipinski definition) is 5. The lowest BCUT2D eigenvalue weighted by molar-refractivity contribution is 0.310. The van der Waals surface area contributed by atoms with E-state index in [1.807, 2.05) is 0 Å². The lowest BCUT2D eigenvalue weighted by Crippen LogP contribution is -2.36. The van der Waals surface area contributed by atoms with Gasteiger partial charge in [-0.05, 0) is 30.5 Å². The Kier molecular flexibility index (Phi) is 3.92. The van der Waals surface area contributed by atoms with Gasteiger partial charge in [-0.15, -0.1) is 0 Å². The molecule has 0 amide bonds. The topological polar surface area (TPSA) is 141 Å². The molecule has 1 rings (SSSR count). The van der Waals surface area contributed by atoms with E-state index in [9.17, 15) is 28.7 Å². The van der Waals surface area contributed by atoms with Crippen molar-refractivity contribution in [3.8, 4) is 0 Å². The van der Waals surface area contributed by atoms with Crippen LogP contribution >= 0.6 is 15.2 Å². The van der Waals surface area contributed by atoms with Crippen LogP contribution in [0.25, 0.3) is 0 Å². The number of hydrogen-bond acceptors (Lipinski definition) is 3. The molecule has 0 unspecified atom stereocenters. The normalized spacial score (nSPS) is 13.7. The number of rotatable bonds is 3. The maximum atomic E-state index is 11.4. The smallest absolute Gasteiger partial charge is 0.322 e. The van der Waals surface area contributed by atoms with Gasteiger partial charge in [0, 0.05) is 0 Å². The average molecular weight is 295 g/mol. The molecule has 0 radical (unpaired) electrons. The minimum Gasteiger partial charge on any atom is -0.322 e. The third-order valence-electron chi connectivity index (χ3n) is 2.82. The lowest BCUT2D eigenvalue weighted by Gasteiger charge is -2.31. The minimum atomic E-state index is -5.25. The third-order valence-corrected chi connectivity index (χ3v) is 6.68. The van der Waals surface area contributed by atoms with Crippen LogP contribution in [0.1, 0.15) is 16.7 Å². The maximum absolute atomic E-state index is 11.4. The Morgan fingerprint density at radius 1 is 1.00 bits per heavy atom. The fraction of sp³-hybridized carbons (Fsp3) is 0.333. The molecular weight excluding hydrogens is 280 g/mol. The zero-order chi connectivity index (χ0) is 14.4. The molecule has 0 saturated heterocycles. The van der Waals surface area contributed by atoms with Crippen LogP contribution in [0.5, 0.6) is 0 Å². The lowest BCUT2D eigenvalue weighted by atomic mass is 10.1. The van der Waals surface area contributed by atoms with Crippen molar-refractivity contribution in [2.75, 3.05) is 0 Å². The molecule has 18 heavy (non-hydrogen) atoms. The van der Waals surface area contributed by atoms with Crippen LogP contribution < -0.4 is 5.73 Å². The van der Waals surface area contributed by atoms with Crippen LogP contribution in [-0.4, -0.2) is 19.6 Å². The second kappa shape index (κ2) is 4.54. The van der Waals surface area contributed by atoms with Crippen LogP contribution in [0.15, 0.2) is 18.2 Å². The summed E-state index contributed by atoms with van der Waals surface area (Å²) in [5, 5.41) is -3.02. The fourth-order valence-corrected chi connectivity index (χ4v) is 3.78. The summed E-state index contributed by atoms with van der Waals surface area (Å²) >= 11 is 0. The first-order chi connectivity index (χ1) is 7.91. The highest BCUT2D eigenvalue weighted by atomic mass is 31.2. The molecule has 0 aliphatic carbocycles. The van der Waals surface area contributed by atoms with Gasteiger partial charge in [-0.2, -0.15) is 0 Å². The predicted molar refractivity (Wildman–Crippen MR) is 65.9 cm³/mol. The van der Waals surface area contributed by atoms with Crippen LogP contribution in [0.2, 0.25) is 0 Å². The summed E-state index contributed by atoms with van der Waals surface area (Å²) in [5.41, 5.74) is 6.53. The Hall–Kier alpha value is -0.520. The van der Waals surface area contributed by atoms with Crippen LogP contribution in [0.3, 0.4) is 0 Å². The number of benzene rings is 1. The zero-order valence-corrected chi connectivity index (χ0v) is 11.6. The summed E-state index contributed by atoms with van der Waals surface area (Å²) in [6.45, 7) is 3.41. The van der Waals surface area contributed by atoms with Gasteiger partial charge >= 0.3 is 15.2 Å². The molecule has 7 nitrogen and oxygen atoms in total. The summed E-state index contributed by atoms with van der Waals surface area (Å²) in [4.78, 5) is 36.7. The number of nitrogens with two attached hydrogens (primary N) is 1. The fourth-order valence-electron chi connectivity index (χ4n) is 1.48. The van der Waals surface area contributed by atoms with Gasteiger partial charge in [0.05, 0.1) is 0 Å². The Morgan fingerprint density at radius 2 is 1.44 bits per heavy atom. The van der Waals surface area contributed by atoms with E-state index in [2.05, 4.69) is 0 Å². The summed E-state index contributed by atoms with van der Waals surface area (Å²) in [5.74, 6) is 0. The number of aryl methyl sites for hydroxylation is 2.